The second kappa shape index (κ2) is 6.88. The predicted octanol–water partition coefficient (Wildman–Crippen LogP) is 1.95. The van der Waals surface area contributed by atoms with Crippen molar-refractivity contribution in [3.63, 3.8) is 0 Å². The third kappa shape index (κ3) is 3.36. The maximum Gasteiger partial charge on any atom is 0.190 e. The van der Waals surface area contributed by atoms with E-state index in [1.165, 1.54) is 5.39 Å². The van der Waals surface area contributed by atoms with Gasteiger partial charge < -0.3 is 29.2 Å². The van der Waals surface area contributed by atoms with E-state index in [1.807, 2.05) is 32.0 Å². The molecular weight excluding hydrogens is 336 g/mol. The van der Waals surface area contributed by atoms with Crippen molar-refractivity contribution in [2.45, 2.75) is 56.9 Å². The molecule has 6 nitrogen and oxygen atoms in total. The maximum atomic E-state index is 10.1. The highest BCUT2D eigenvalue weighted by Gasteiger charge is 2.56. The Hall–Kier alpha value is -1.54. The van der Waals surface area contributed by atoms with Crippen LogP contribution in [0.1, 0.15) is 19.4 Å². The van der Waals surface area contributed by atoms with E-state index in [2.05, 4.69) is 24.3 Å². The van der Waals surface area contributed by atoms with Crippen LogP contribution in [0.15, 0.2) is 42.5 Å². The van der Waals surface area contributed by atoms with E-state index in [0.29, 0.717) is 6.61 Å². The van der Waals surface area contributed by atoms with E-state index in [9.17, 15) is 10.2 Å². The predicted molar refractivity (Wildman–Crippen MR) is 94.3 cm³/mol. The van der Waals surface area contributed by atoms with Crippen LogP contribution in [0.2, 0.25) is 0 Å². The molecule has 2 aliphatic heterocycles. The summed E-state index contributed by atoms with van der Waals surface area (Å²) in [6.45, 7) is 3.56. The van der Waals surface area contributed by atoms with Crippen molar-refractivity contribution in [1.29, 1.82) is 0 Å². The summed E-state index contributed by atoms with van der Waals surface area (Å²) in [5.41, 5.74) is 1.02. The molecule has 0 radical (unpaired) electrons. The molecule has 5 atom stereocenters. The molecule has 2 saturated heterocycles. The lowest BCUT2D eigenvalue weighted by Crippen LogP contribution is -2.44. The Morgan fingerprint density at radius 3 is 2.65 bits per heavy atom. The first kappa shape index (κ1) is 17.9. The standard InChI is InChI=1S/C20H24O6/c1-20(2)25-18-17(16(15(22)10-21)24-19(18)26-20)23-11-12-7-8-13-5-3-4-6-14(13)9-12/h3-9,15-19,21-22H,10-11H2,1-2H3/t15-,16?,17-,18-,19-/m1/s1. The fourth-order valence-electron chi connectivity index (χ4n) is 3.63. The number of ether oxygens (including phenoxy) is 4. The zero-order valence-electron chi connectivity index (χ0n) is 14.9. The Morgan fingerprint density at radius 1 is 1.12 bits per heavy atom. The van der Waals surface area contributed by atoms with Gasteiger partial charge in [0.25, 0.3) is 0 Å². The molecule has 2 aromatic carbocycles. The van der Waals surface area contributed by atoms with Crippen molar-refractivity contribution < 1.29 is 29.2 Å². The average Bonchev–Trinajstić information content (AvgIpc) is 3.11. The van der Waals surface area contributed by atoms with Crippen LogP contribution in [0.4, 0.5) is 0 Å². The quantitative estimate of drug-likeness (QED) is 0.849. The number of rotatable bonds is 5. The SMILES string of the molecule is CC1(C)O[C@H]2OC([C@H](O)CO)[C@@H](OCc3ccc4ccccc4c3)[C@H]2O1. The normalized spacial score (nSPS) is 31.2. The van der Waals surface area contributed by atoms with Gasteiger partial charge in [-0.1, -0.05) is 36.4 Å². The summed E-state index contributed by atoms with van der Waals surface area (Å²) >= 11 is 0. The second-order valence-electron chi connectivity index (χ2n) is 7.28. The summed E-state index contributed by atoms with van der Waals surface area (Å²) in [5.74, 6) is -0.769. The zero-order chi connectivity index (χ0) is 18.3. The fourth-order valence-corrected chi connectivity index (χ4v) is 3.63. The minimum absolute atomic E-state index is 0.348. The number of fused-ring (bicyclic) bond motifs is 2. The lowest BCUT2D eigenvalue weighted by molar-refractivity contribution is -0.232. The molecule has 0 amide bonds. The highest BCUT2D eigenvalue weighted by molar-refractivity contribution is 5.82. The van der Waals surface area contributed by atoms with Gasteiger partial charge in [-0.25, -0.2) is 0 Å². The second-order valence-corrected chi connectivity index (χ2v) is 7.28. The monoisotopic (exact) mass is 360 g/mol. The third-order valence-electron chi connectivity index (χ3n) is 4.85. The number of aliphatic hydroxyl groups is 2. The van der Waals surface area contributed by atoms with Gasteiger partial charge in [-0.2, -0.15) is 0 Å². The van der Waals surface area contributed by atoms with E-state index in [0.717, 1.165) is 10.9 Å². The zero-order valence-corrected chi connectivity index (χ0v) is 14.9. The van der Waals surface area contributed by atoms with Crippen molar-refractivity contribution in [1.82, 2.24) is 0 Å². The molecule has 0 saturated carbocycles. The van der Waals surface area contributed by atoms with Crippen LogP contribution in [-0.2, 0) is 25.6 Å². The van der Waals surface area contributed by atoms with Crippen molar-refractivity contribution in [3.8, 4) is 0 Å². The van der Waals surface area contributed by atoms with Crippen LogP contribution in [0.3, 0.4) is 0 Å². The highest BCUT2D eigenvalue weighted by Crippen LogP contribution is 2.40. The van der Waals surface area contributed by atoms with Crippen LogP contribution in [0.25, 0.3) is 10.8 Å². The highest BCUT2D eigenvalue weighted by atomic mass is 16.8. The van der Waals surface area contributed by atoms with Gasteiger partial charge in [0, 0.05) is 0 Å². The molecule has 0 aliphatic carbocycles. The van der Waals surface area contributed by atoms with Gasteiger partial charge in [0.05, 0.1) is 13.2 Å². The van der Waals surface area contributed by atoms with Crippen molar-refractivity contribution >= 4 is 10.8 Å². The Labute approximate surface area is 152 Å². The van der Waals surface area contributed by atoms with Crippen LogP contribution < -0.4 is 0 Å². The molecule has 0 aromatic heterocycles. The Balaban J connectivity index is 1.51. The first-order valence-electron chi connectivity index (χ1n) is 8.86. The van der Waals surface area contributed by atoms with Crippen molar-refractivity contribution in [2.75, 3.05) is 6.61 Å². The molecule has 2 aliphatic rings. The molecular formula is C20H24O6. The lowest BCUT2D eigenvalue weighted by Gasteiger charge is -2.28. The van der Waals surface area contributed by atoms with Gasteiger partial charge in [0.1, 0.15) is 24.4 Å². The Morgan fingerprint density at radius 2 is 1.88 bits per heavy atom. The van der Waals surface area contributed by atoms with Gasteiger partial charge in [-0.05, 0) is 36.2 Å². The largest absolute Gasteiger partial charge is 0.394 e. The minimum Gasteiger partial charge on any atom is -0.394 e. The summed E-state index contributed by atoms with van der Waals surface area (Å²) in [4.78, 5) is 0. The van der Waals surface area contributed by atoms with Crippen molar-refractivity contribution in [2.24, 2.45) is 0 Å². The van der Waals surface area contributed by atoms with Gasteiger partial charge in [0.2, 0.25) is 0 Å². The van der Waals surface area contributed by atoms with Crippen LogP contribution in [-0.4, -0.2) is 53.3 Å². The van der Waals surface area contributed by atoms with Gasteiger partial charge >= 0.3 is 0 Å². The fraction of sp³-hybridized carbons (Fsp3) is 0.500. The number of hydrogen-bond donors (Lipinski definition) is 2. The molecule has 2 N–H and O–H groups in total. The summed E-state index contributed by atoms with van der Waals surface area (Å²) < 4.78 is 23.5. The molecule has 2 heterocycles. The number of hydrogen-bond acceptors (Lipinski definition) is 6. The Kier molecular flexibility index (Phi) is 4.73. The van der Waals surface area contributed by atoms with E-state index in [1.54, 1.807) is 0 Å². The lowest BCUT2D eigenvalue weighted by atomic mass is 10.1. The first-order chi connectivity index (χ1) is 12.5. The van der Waals surface area contributed by atoms with E-state index < -0.39 is 43.1 Å². The summed E-state index contributed by atoms with van der Waals surface area (Å²) in [7, 11) is 0. The number of benzene rings is 2. The third-order valence-corrected chi connectivity index (χ3v) is 4.85. The smallest absolute Gasteiger partial charge is 0.190 e. The molecule has 2 fully saturated rings. The number of aliphatic hydroxyl groups excluding tert-OH is 2. The first-order valence-corrected chi connectivity index (χ1v) is 8.86. The molecule has 0 spiro atoms. The van der Waals surface area contributed by atoms with Crippen LogP contribution >= 0.6 is 0 Å². The average molecular weight is 360 g/mol. The summed E-state index contributed by atoms with van der Waals surface area (Å²) in [6.07, 6.45) is -3.35. The maximum absolute atomic E-state index is 10.1. The van der Waals surface area contributed by atoms with Gasteiger partial charge in [-0.3, -0.25) is 0 Å². The minimum atomic E-state index is -1.06. The van der Waals surface area contributed by atoms with E-state index >= 15 is 0 Å². The van der Waals surface area contributed by atoms with Gasteiger partial charge in [-0.15, -0.1) is 0 Å². The summed E-state index contributed by atoms with van der Waals surface area (Å²) in [6, 6.07) is 14.3. The Bertz CT molecular complexity index is 776. The van der Waals surface area contributed by atoms with E-state index in [-0.39, 0.29) is 0 Å². The summed E-state index contributed by atoms with van der Waals surface area (Å²) in [5, 5.41) is 21.7. The molecule has 6 heteroatoms. The molecule has 1 unspecified atom stereocenters. The molecule has 140 valence electrons. The van der Waals surface area contributed by atoms with Crippen molar-refractivity contribution in [3.05, 3.63) is 48.0 Å². The molecule has 2 aromatic rings. The molecule has 4 rings (SSSR count). The van der Waals surface area contributed by atoms with Crippen LogP contribution in [0.5, 0.6) is 0 Å². The van der Waals surface area contributed by atoms with Gasteiger partial charge in [0.15, 0.2) is 12.1 Å². The topological polar surface area (TPSA) is 77.4 Å². The van der Waals surface area contributed by atoms with Crippen LogP contribution in [0, 0.1) is 0 Å². The molecule has 0 bridgehead atoms. The van der Waals surface area contributed by atoms with E-state index in [4.69, 9.17) is 18.9 Å². The molecule has 26 heavy (non-hydrogen) atoms.